The topological polar surface area (TPSA) is 101 Å². The van der Waals surface area contributed by atoms with Gasteiger partial charge in [0.15, 0.2) is 5.82 Å². The van der Waals surface area contributed by atoms with Crippen LogP contribution in [0.4, 0.5) is 0 Å². The van der Waals surface area contributed by atoms with Crippen LogP contribution in [-0.2, 0) is 10.0 Å². The van der Waals surface area contributed by atoms with Gasteiger partial charge in [-0.05, 0) is 25.1 Å². The maximum Gasteiger partial charge on any atom is 0.242 e. The molecule has 0 aliphatic carbocycles. The molecule has 1 heterocycles. The van der Waals surface area contributed by atoms with E-state index in [0.29, 0.717) is 4.47 Å². The molecule has 2 N–H and O–H groups in total. The minimum atomic E-state index is -3.76. The van der Waals surface area contributed by atoms with Crippen LogP contribution in [0.15, 0.2) is 27.6 Å². The summed E-state index contributed by atoms with van der Waals surface area (Å²) in [5.41, 5.74) is 0. The largest absolute Gasteiger partial charge is 0.242 e. The number of rotatable bonds is 4. The number of tetrazole rings is 1. The van der Waals surface area contributed by atoms with Gasteiger partial charge in [-0.3, -0.25) is 0 Å². The van der Waals surface area contributed by atoms with Gasteiger partial charge in [-0.15, -0.1) is 10.2 Å². The fraction of sp³-hybridized carbons (Fsp3) is 0.222. The third-order valence-electron chi connectivity index (χ3n) is 2.26. The van der Waals surface area contributed by atoms with Crippen molar-refractivity contribution >= 4 is 37.6 Å². The molecule has 0 saturated carbocycles. The lowest BCUT2D eigenvalue weighted by atomic mass is 10.4. The molecule has 1 atom stereocenters. The van der Waals surface area contributed by atoms with Gasteiger partial charge in [-0.1, -0.05) is 32.7 Å². The Morgan fingerprint density at radius 1 is 1.47 bits per heavy atom. The minimum Gasteiger partial charge on any atom is -0.207 e. The van der Waals surface area contributed by atoms with Gasteiger partial charge in [0.25, 0.3) is 0 Å². The van der Waals surface area contributed by atoms with E-state index in [1.54, 1.807) is 13.0 Å². The third-order valence-corrected chi connectivity index (χ3v) is 4.78. The quantitative estimate of drug-likeness (QED) is 0.857. The van der Waals surface area contributed by atoms with Crippen LogP contribution in [0.3, 0.4) is 0 Å². The van der Waals surface area contributed by atoms with E-state index < -0.39 is 16.1 Å². The molecule has 0 radical (unpaired) electrons. The zero-order chi connectivity index (χ0) is 14.0. The molecule has 0 aliphatic heterocycles. The molecule has 2 aromatic rings. The molecule has 19 heavy (non-hydrogen) atoms. The maximum atomic E-state index is 12.2. The van der Waals surface area contributed by atoms with E-state index in [1.165, 1.54) is 12.1 Å². The van der Waals surface area contributed by atoms with Crippen LogP contribution < -0.4 is 4.72 Å². The van der Waals surface area contributed by atoms with Gasteiger partial charge in [0.1, 0.15) is 4.90 Å². The van der Waals surface area contributed by atoms with Crippen LogP contribution in [0.5, 0.6) is 0 Å². The number of hydrogen-bond acceptors (Lipinski definition) is 5. The lowest BCUT2D eigenvalue weighted by Crippen LogP contribution is -2.27. The molecule has 102 valence electrons. The number of benzene rings is 1. The highest BCUT2D eigenvalue weighted by molar-refractivity contribution is 9.10. The average molecular weight is 367 g/mol. The number of nitrogens with zero attached hydrogens (tertiary/aromatic N) is 3. The summed E-state index contributed by atoms with van der Waals surface area (Å²) in [6.45, 7) is 1.61. The molecule has 1 aromatic heterocycles. The Labute approximate surface area is 122 Å². The molecular formula is C9H9BrClN5O2S. The fourth-order valence-electron chi connectivity index (χ4n) is 1.40. The summed E-state index contributed by atoms with van der Waals surface area (Å²) in [5.74, 6) is 0.247. The van der Waals surface area contributed by atoms with E-state index >= 15 is 0 Å². The molecule has 1 aromatic carbocycles. The van der Waals surface area contributed by atoms with Crippen LogP contribution in [-0.4, -0.2) is 29.0 Å². The van der Waals surface area contributed by atoms with Crippen molar-refractivity contribution in [3.05, 3.63) is 33.5 Å². The predicted octanol–water partition coefficient (Wildman–Crippen LogP) is 1.66. The summed E-state index contributed by atoms with van der Waals surface area (Å²) in [7, 11) is -3.76. The van der Waals surface area contributed by atoms with Crippen LogP contribution in [0.1, 0.15) is 18.8 Å². The number of halogens is 2. The van der Waals surface area contributed by atoms with Crippen molar-refractivity contribution in [2.45, 2.75) is 17.9 Å². The summed E-state index contributed by atoms with van der Waals surface area (Å²) >= 11 is 9.14. The van der Waals surface area contributed by atoms with Crippen LogP contribution in [0.25, 0.3) is 0 Å². The molecule has 0 saturated heterocycles. The number of aromatic amines is 1. The lowest BCUT2D eigenvalue weighted by molar-refractivity contribution is 0.560. The minimum absolute atomic E-state index is 0.00675. The SMILES string of the molecule is CC(NS(=O)(=O)c1ccc(Br)cc1Cl)c1nn[nH]n1. The van der Waals surface area contributed by atoms with E-state index in [0.717, 1.165) is 0 Å². The average Bonchev–Trinajstić information content (AvgIpc) is 2.80. The van der Waals surface area contributed by atoms with E-state index in [4.69, 9.17) is 11.6 Å². The number of hydrogen-bond donors (Lipinski definition) is 2. The second-order valence-electron chi connectivity index (χ2n) is 3.69. The van der Waals surface area contributed by atoms with E-state index in [9.17, 15) is 8.42 Å². The Morgan fingerprint density at radius 3 is 2.79 bits per heavy atom. The Hall–Kier alpha value is -1.03. The lowest BCUT2D eigenvalue weighted by Gasteiger charge is -2.12. The molecule has 0 aliphatic rings. The van der Waals surface area contributed by atoms with Crippen molar-refractivity contribution in [1.82, 2.24) is 25.3 Å². The van der Waals surface area contributed by atoms with Crippen LogP contribution in [0.2, 0.25) is 5.02 Å². The van der Waals surface area contributed by atoms with Gasteiger partial charge in [-0.2, -0.15) is 5.21 Å². The maximum absolute atomic E-state index is 12.2. The van der Waals surface area contributed by atoms with Gasteiger partial charge in [0.2, 0.25) is 10.0 Å². The molecule has 0 amide bonds. The molecular weight excluding hydrogens is 358 g/mol. The van der Waals surface area contributed by atoms with Gasteiger partial charge in [-0.25, -0.2) is 13.1 Å². The third kappa shape index (κ3) is 3.30. The van der Waals surface area contributed by atoms with Crippen molar-refractivity contribution < 1.29 is 8.42 Å². The Bertz CT molecular complexity index is 676. The number of nitrogens with one attached hydrogen (secondary N) is 2. The summed E-state index contributed by atoms with van der Waals surface area (Å²) in [4.78, 5) is -0.00675. The second-order valence-corrected chi connectivity index (χ2v) is 6.69. The number of sulfonamides is 1. The van der Waals surface area contributed by atoms with Gasteiger partial charge in [0.05, 0.1) is 11.1 Å². The highest BCUT2D eigenvalue weighted by Gasteiger charge is 2.23. The first-order chi connectivity index (χ1) is 8.90. The second kappa shape index (κ2) is 5.53. The molecule has 7 nitrogen and oxygen atoms in total. The first-order valence-corrected chi connectivity index (χ1v) is 7.76. The standard InChI is InChI=1S/C9H9BrClN5O2S/c1-5(9-12-15-16-13-9)14-19(17,18)8-3-2-6(10)4-7(8)11/h2-5,14H,1H3,(H,12,13,15,16). The van der Waals surface area contributed by atoms with Crippen LogP contribution in [0, 0.1) is 0 Å². The molecule has 1 unspecified atom stereocenters. The summed E-state index contributed by atoms with van der Waals surface area (Å²) in [6.07, 6.45) is 0. The summed E-state index contributed by atoms with van der Waals surface area (Å²) in [5, 5.41) is 13.2. The molecule has 2 rings (SSSR count). The van der Waals surface area contributed by atoms with Crippen molar-refractivity contribution in [2.24, 2.45) is 0 Å². The highest BCUT2D eigenvalue weighted by atomic mass is 79.9. The highest BCUT2D eigenvalue weighted by Crippen LogP contribution is 2.26. The van der Waals surface area contributed by atoms with Crippen molar-refractivity contribution in [2.75, 3.05) is 0 Å². The fourth-order valence-corrected chi connectivity index (χ4v) is 3.63. The summed E-state index contributed by atoms with van der Waals surface area (Å²) < 4.78 is 27.5. The van der Waals surface area contributed by atoms with Gasteiger partial charge >= 0.3 is 0 Å². The zero-order valence-corrected chi connectivity index (χ0v) is 12.8. The monoisotopic (exact) mass is 365 g/mol. The first kappa shape index (κ1) is 14.4. The first-order valence-electron chi connectivity index (χ1n) is 5.11. The number of aromatic nitrogens is 4. The predicted molar refractivity (Wildman–Crippen MR) is 72.1 cm³/mol. The van der Waals surface area contributed by atoms with E-state index in [-0.39, 0.29) is 15.7 Å². The van der Waals surface area contributed by atoms with Gasteiger partial charge in [0, 0.05) is 4.47 Å². The van der Waals surface area contributed by atoms with E-state index in [1.807, 2.05) is 0 Å². The molecule has 0 spiro atoms. The van der Waals surface area contributed by atoms with Crippen molar-refractivity contribution in [3.63, 3.8) is 0 Å². The Balaban J connectivity index is 2.28. The van der Waals surface area contributed by atoms with E-state index in [2.05, 4.69) is 41.3 Å². The molecule has 10 heteroatoms. The number of H-pyrrole nitrogens is 1. The smallest absolute Gasteiger partial charge is 0.207 e. The Kier molecular flexibility index (Phi) is 4.19. The summed E-state index contributed by atoms with van der Waals surface area (Å²) in [6, 6.07) is 3.90. The molecule has 0 bridgehead atoms. The van der Waals surface area contributed by atoms with Gasteiger partial charge < -0.3 is 0 Å². The normalized spacial score (nSPS) is 13.4. The zero-order valence-electron chi connectivity index (χ0n) is 9.63. The van der Waals surface area contributed by atoms with Crippen molar-refractivity contribution in [1.29, 1.82) is 0 Å². The Morgan fingerprint density at radius 2 is 2.21 bits per heavy atom. The van der Waals surface area contributed by atoms with Crippen LogP contribution >= 0.6 is 27.5 Å². The molecule has 0 fully saturated rings. The van der Waals surface area contributed by atoms with Crippen molar-refractivity contribution in [3.8, 4) is 0 Å².